The van der Waals surface area contributed by atoms with Crippen molar-refractivity contribution in [1.82, 2.24) is 9.97 Å². The van der Waals surface area contributed by atoms with Crippen molar-refractivity contribution in [2.75, 3.05) is 36.1 Å². The predicted molar refractivity (Wildman–Crippen MR) is 69.4 cm³/mol. The van der Waals surface area contributed by atoms with E-state index in [-0.39, 0.29) is 0 Å². The minimum Gasteiger partial charge on any atom is -0.370 e. The number of hydrogen-bond acceptors (Lipinski definition) is 5. The first-order valence-corrected chi connectivity index (χ1v) is 6.98. The van der Waals surface area contributed by atoms with Crippen molar-refractivity contribution in [3.63, 3.8) is 0 Å². The minimum absolute atomic E-state index is 0.848. The van der Waals surface area contributed by atoms with Gasteiger partial charge in [-0.15, -0.1) is 0 Å². The quantitative estimate of drug-likeness (QED) is 0.643. The molecule has 0 unspecified atom stereocenters. The number of anilines is 2. The van der Waals surface area contributed by atoms with Crippen LogP contribution in [0.2, 0.25) is 0 Å². The van der Waals surface area contributed by atoms with Crippen molar-refractivity contribution >= 4 is 23.4 Å². The minimum atomic E-state index is 0.848. The third-order valence-electron chi connectivity index (χ3n) is 2.66. The van der Waals surface area contributed by atoms with Gasteiger partial charge in [0.15, 0.2) is 5.16 Å². The summed E-state index contributed by atoms with van der Waals surface area (Å²) in [5.74, 6) is 2.00. The van der Waals surface area contributed by atoms with Gasteiger partial charge in [-0.1, -0.05) is 11.8 Å². The van der Waals surface area contributed by atoms with Gasteiger partial charge in [-0.2, -0.15) is 0 Å². The molecule has 1 aliphatic heterocycles. The molecule has 88 valence electrons. The standard InChI is InChI=1S/C11H18N4S/c1-3-12-9-8-10(14-11(13-9)16-2)15-6-4-5-7-15/h8H,3-7H2,1-2H3,(H,12,13,14). The van der Waals surface area contributed by atoms with E-state index >= 15 is 0 Å². The van der Waals surface area contributed by atoms with E-state index in [2.05, 4.69) is 33.2 Å². The first-order chi connectivity index (χ1) is 7.83. The van der Waals surface area contributed by atoms with Crippen LogP contribution in [0.5, 0.6) is 0 Å². The lowest BCUT2D eigenvalue weighted by Crippen LogP contribution is -2.19. The van der Waals surface area contributed by atoms with Crippen LogP contribution in [0.15, 0.2) is 11.2 Å². The van der Waals surface area contributed by atoms with E-state index in [0.717, 1.165) is 36.4 Å². The van der Waals surface area contributed by atoms with Crippen LogP contribution in [0.3, 0.4) is 0 Å². The fourth-order valence-corrected chi connectivity index (χ4v) is 2.26. The Hall–Kier alpha value is -0.970. The highest BCUT2D eigenvalue weighted by atomic mass is 32.2. The fraction of sp³-hybridized carbons (Fsp3) is 0.636. The molecular formula is C11H18N4S. The molecule has 0 amide bonds. The maximum atomic E-state index is 4.55. The van der Waals surface area contributed by atoms with Gasteiger partial charge in [0.1, 0.15) is 11.6 Å². The van der Waals surface area contributed by atoms with Crippen LogP contribution < -0.4 is 10.2 Å². The Morgan fingerprint density at radius 2 is 2.12 bits per heavy atom. The van der Waals surface area contributed by atoms with Gasteiger partial charge in [-0.05, 0) is 26.0 Å². The molecule has 1 aromatic heterocycles. The summed E-state index contributed by atoms with van der Waals surface area (Å²) in [5, 5.41) is 4.10. The van der Waals surface area contributed by atoms with Crippen molar-refractivity contribution in [1.29, 1.82) is 0 Å². The molecule has 0 saturated carbocycles. The van der Waals surface area contributed by atoms with E-state index in [1.807, 2.05) is 6.26 Å². The molecule has 0 aliphatic carbocycles. The third-order valence-corrected chi connectivity index (χ3v) is 3.21. The van der Waals surface area contributed by atoms with E-state index in [1.54, 1.807) is 11.8 Å². The number of nitrogens with zero attached hydrogens (tertiary/aromatic N) is 3. The molecule has 2 rings (SSSR count). The van der Waals surface area contributed by atoms with Crippen LogP contribution >= 0.6 is 11.8 Å². The van der Waals surface area contributed by atoms with Gasteiger partial charge in [0, 0.05) is 25.7 Å². The van der Waals surface area contributed by atoms with Gasteiger partial charge in [0.2, 0.25) is 0 Å². The van der Waals surface area contributed by atoms with Crippen LogP contribution in [0.1, 0.15) is 19.8 Å². The van der Waals surface area contributed by atoms with E-state index in [9.17, 15) is 0 Å². The Kier molecular flexibility index (Phi) is 3.88. The maximum Gasteiger partial charge on any atom is 0.191 e. The van der Waals surface area contributed by atoms with Crippen LogP contribution in [0.25, 0.3) is 0 Å². The second-order valence-corrected chi connectivity index (χ2v) is 4.60. The topological polar surface area (TPSA) is 41.0 Å². The first-order valence-electron chi connectivity index (χ1n) is 5.75. The second kappa shape index (κ2) is 5.39. The maximum absolute atomic E-state index is 4.55. The zero-order valence-electron chi connectivity index (χ0n) is 9.86. The number of thioether (sulfide) groups is 1. The Balaban J connectivity index is 2.24. The summed E-state index contributed by atoms with van der Waals surface area (Å²) >= 11 is 1.59. The summed E-state index contributed by atoms with van der Waals surface area (Å²) in [6, 6.07) is 2.05. The van der Waals surface area contributed by atoms with Crippen molar-refractivity contribution < 1.29 is 0 Å². The first kappa shape index (κ1) is 11.5. The highest BCUT2D eigenvalue weighted by Gasteiger charge is 2.15. The van der Waals surface area contributed by atoms with E-state index < -0.39 is 0 Å². The van der Waals surface area contributed by atoms with Crippen LogP contribution in [-0.2, 0) is 0 Å². The van der Waals surface area contributed by atoms with E-state index in [1.165, 1.54) is 12.8 Å². The molecule has 0 atom stereocenters. The molecule has 0 aromatic carbocycles. The summed E-state index contributed by atoms with van der Waals surface area (Å²) in [6.45, 7) is 5.22. The van der Waals surface area contributed by atoms with Gasteiger partial charge in [0.25, 0.3) is 0 Å². The van der Waals surface area contributed by atoms with Gasteiger partial charge < -0.3 is 10.2 Å². The molecule has 16 heavy (non-hydrogen) atoms. The number of aromatic nitrogens is 2. The Morgan fingerprint density at radius 1 is 1.38 bits per heavy atom. The van der Waals surface area contributed by atoms with Gasteiger partial charge in [0.05, 0.1) is 0 Å². The van der Waals surface area contributed by atoms with E-state index in [0.29, 0.717) is 0 Å². The molecule has 0 bridgehead atoms. The lowest BCUT2D eigenvalue weighted by atomic mass is 10.4. The summed E-state index contributed by atoms with van der Waals surface area (Å²) in [5.41, 5.74) is 0. The Morgan fingerprint density at radius 3 is 2.75 bits per heavy atom. The van der Waals surface area contributed by atoms with E-state index in [4.69, 9.17) is 0 Å². The van der Waals surface area contributed by atoms with Gasteiger partial charge >= 0.3 is 0 Å². The van der Waals surface area contributed by atoms with Crippen LogP contribution in [-0.4, -0.2) is 35.9 Å². The number of hydrogen-bond donors (Lipinski definition) is 1. The lowest BCUT2D eigenvalue weighted by molar-refractivity contribution is 0.878. The zero-order valence-corrected chi connectivity index (χ0v) is 10.7. The third kappa shape index (κ3) is 2.58. The van der Waals surface area contributed by atoms with Crippen molar-refractivity contribution in [2.24, 2.45) is 0 Å². The molecule has 4 nitrogen and oxygen atoms in total. The van der Waals surface area contributed by atoms with Crippen molar-refractivity contribution in [2.45, 2.75) is 24.9 Å². The van der Waals surface area contributed by atoms with Crippen molar-refractivity contribution in [3.05, 3.63) is 6.07 Å². The monoisotopic (exact) mass is 238 g/mol. The van der Waals surface area contributed by atoms with Crippen LogP contribution in [0.4, 0.5) is 11.6 Å². The Labute approximate surface area is 101 Å². The molecule has 1 saturated heterocycles. The summed E-state index contributed by atoms with van der Waals surface area (Å²) in [7, 11) is 0. The lowest BCUT2D eigenvalue weighted by Gasteiger charge is -2.17. The summed E-state index contributed by atoms with van der Waals surface area (Å²) in [4.78, 5) is 11.3. The average molecular weight is 238 g/mol. The summed E-state index contributed by atoms with van der Waals surface area (Å²) in [6.07, 6.45) is 4.56. The molecule has 0 radical (unpaired) electrons. The highest BCUT2D eigenvalue weighted by molar-refractivity contribution is 7.98. The average Bonchev–Trinajstić information content (AvgIpc) is 2.82. The van der Waals surface area contributed by atoms with Gasteiger partial charge in [-0.3, -0.25) is 0 Å². The molecule has 1 fully saturated rings. The number of rotatable bonds is 4. The molecule has 2 heterocycles. The largest absolute Gasteiger partial charge is 0.370 e. The normalized spacial score (nSPS) is 15.5. The SMILES string of the molecule is CCNc1cc(N2CCCC2)nc(SC)n1. The molecule has 0 spiro atoms. The number of nitrogens with one attached hydrogen (secondary N) is 1. The van der Waals surface area contributed by atoms with Gasteiger partial charge in [-0.25, -0.2) is 9.97 Å². The fourth-order valence-electron chi connectivity index (χ4n) is 1.88. The van der Waals surface area contributed by atoms with Crippen molar-refractivity contribution in [3.8, 4) is 0 Å². The highest BCUT2D eigenvalue weighted by Crippen LogP contribution is 2.23. The molecule has 1 aliphatic rings. The second-order valence-electron chi connectivity index (χ2n) is 3.82. The molecular weight excluding hydrogens is 220 g/mol. The summed E-state index contributed by atoms with van der Waals surface area (Å²) < 4.78 is 0. The predicted octanol–water partition coefficient (Wildman–Crippen LogP) is 2.23. The smallest absolute Gasteiger partial charge is 0.191 e. The Bertz CT molecular complexity index is 350. The zero-order chi connectivity index (χ0) is 11.4. The molecule has 5 heteroatoms. The van der Waals surface area contributed by atoms with Crippen LogP contribution in [0, 0.1) is 0 Å². The molecule has 1 N–H and O–H groups in total. The molecule has 1 aromatic rings.